The summed E-state index contributed by atoms with van der Waals surface area (Å²) in [5, 5.41) is 0. The molecule has 0 aliphatic rings. The van der Waals surface area contributed by atoms with Crippen LogP contribution >= 0.6 is 9.24 Å². The first-order valence-corrected chi connectivity index (χ1v) is 6.08. The molecule has 13 heavy (non-hydrogen) atoms. The van der Waals surface area contributed by atoms with Gasteiger partial charge in [-0.25, -0.2) is 4.39 Å². The summed E-state index contributed by atoms with van der Waals surface area (Å²) < 4.78 is 12.2. The Morgan fingerprint density at radius 1 is 1.38 bits per heavy atom. The molecule has 0 aromatic rings. The molecule has 0 heterocycles. The SMILES string of the molecule is CCCCC(C)N(CCF)CCP. The first-order chi connectivity index (χ1) is 6.26. The summed E-state index contributed by atoms with van der Waals surface area (Å²) in [5.41, 5.74) is 0. The maximum absolute atomic E-state index is 12.2. The van der Waals surface area contributed by atoms with Crippen LogP contribution in [0.4, 0.5) is 4.39 Å². The summed E-state index contributed by atoms with van der Waals surface area (Å²) in [5.74, 6) is 0. The topological polar surface area (TPSA) is 3.24 Å². The van der Waals surface area contributed by atoms with Gasteiger partial charge in [0.25, 0.3) is 0 Å². The molecule has 2 unspecified atom stereocenters. The highest BCUT2D eigenvalue weighted by Crippen LogP contribution is 2.08. The lowest BCUT2D eigenvalue weighted by atomic mass is 10.1. The molecule has 80 valence electrons. The van der Waals surface area contributed by atoms with Crippen LogP contribution in [0.1, 0.15) is 33.1 Å². The van der Waals surface area contributed by atoms with E-state index < -0.39 is 0 Å². The van der Waals surface area contributed by atoms with Crippen LogP contribution in [-0.2, 0) is 0 Å². The molecule has 0 aliphatic carbocycles. The van der Waals surface area contributed by atoms with Crippen molar-refractivity contribution >= 4 is 9.24 Å². The van der Waals surface area contributed by atoms with Gasteiger partial charge in [-0.2, -0.15) is 0 Å². The molecular weight excluding hydrogens is 184 g/mol. The van der Waals surface area contributed by atoms with Gasteiger partial charge in [-0.3, -0.25) is 4.90 Å². The molecule has 0 spiro atoms. The van der Waals surface area contributed by atoms with E-state index in [-0.39, 0.29) is 6.67 Å². The smallest absolute Gasteiger partial charge is 0.102 e. The van der Waals surface area contributed by atoms with Crippen molar-refractivity contribution in [1.82, 2.24) is 4.90 Å². The van der Waals surface area contributed by atoms with E-state index in [1.807, 2.05) is 0 Å². The van der Waals surface area contributed by atoms with Crippen molar-refractivity contribution in [3.63, 3.8) is 0 Å². The Kier molecular flexibility index (Phi) is 9.12. The molecule has 3 heteroatoms. The molecule has 0 fully saturated rings. The third kappa shape index (κ3) is 6.40. The normalized spacial score (nSPS) is 13.6. The molecule has 0 aromatic heterocycles. The Morgan fingerprint density at radius 3 is 2.54 bits per heavy atom. The number of hydrogen-bond acceptors (Lipinski definition) is 1. The van der Waals surface area contributed by atoms with E-state index in [9.17, 15) is 4.39 Å². The fourth-order valence-corrected chi connectivity index (χ4v) is 1.84. The highest BCUT2D eigenvalue weighted by Gasteiger charge is 2.11. The zero-order valence-electron chi connectivity index (χ0n) is 8.93. The van der Waals surface area contributed by atoms with E-state index in [4.69, 9.17) is 0 Å². The molecule has 0 aliphatic heterocycles. The summed E-state index contributed by atoms with van der Waals surface area (Å²) in [6.45, 7) is 5.77. The second-order valence-corrected chi connectivity index (χ2v) is 4.08. The summed E-state index contributed by atoms with van der Waals surface area (Å²) in [7, 11) is 2.70. The number of unbranched alkanes of at least 4 members (excludes halogenated alkanes) is 1. The zero-order valence-corrected chi connectivity index (χ0v) is 10.1. The van der Waals surface area contributed by atoms with Crippen LogP contribution in [-0.4, -0.2) is 36.9 Å². The van der Waals surface area contributed by atoms with Gasteiger partial charge in [0.05, 0.1) is 0 Å². The number of rotatable bonds is 8. The van der Waals surface area contributed by atoms with E-state index in [2.05, 4.69) is 28.0 Å². The zero-order chi connectivity index (χ0) is 10.1. The predicted octanol–water partition coefficient (Wildman–Crippen LogP) is 2.71. The molecular formula is C10H23FNP. The van der Waals surface area contributed by atoms with Crippen LogP contribution in [0, 0.1) is 0 Å². The van der Waals surface area contributed by atoms with Crippen LogP contribution in [0.25, 0.3) is 0 Å². The highest BCUT2D eigenvalue weighted by atomic mass is 31.0. The fourth-order valence-electron chi connectivity index (χ4n) is 1.51. The lowest BCUT2D eigenvalue weighted by Crippen LogP contribution is -2.36. The van der Waals surface area contributed by atoms with Crippen LogP contribution in [0.3, 0.4) is 0 Å². The Hall–Kier alpha value is 0.320. The van der Waals surface area contributed by atoms with Gasteiger partial charge < -0.3 is 0 Å². The van der Waals surface area contributed by atoms with Crippen molar-refractivity contribution < 1.29 is 4.39 Å². The van der Waals surface area contributed by atoms with Gasteiger partial charge in [-0.15, -0.1) is 9.24 Å². The molecule has 0 saturated carbocycles. The van der Waals surface area contributed by atoms with E-state index in [0.717, 1.165) is 12.7 Å². The van der Waals surface area contributed by atoms with Crippen LogP contribution in [0.5, 0.6) is 0 Å². The van der Waals surface area contributed by atoms with Crippen molar-refractivity contribution in [2.75, 3.05) is 25.9 Å². The minimum Gasteiger partial charge on any atom is -0.298 e. The minimum atomic E-state index is -0.221. The van der Waals surface area contributed by atoms with Gasteiger partial charge in [0, 0.05) is 19.1 Å². The van der Waals surface area contributed by atoms with Crippen LogP contribution < -0.4 is 0 Å². The summed E-state index contributed by atoms with van der Waals surface area (Å²) in [4.78, 5) is 2.24. The van der Waals surface area contributed by atoms with Gasteiger partial charge in [0.1, 0.15) is 6.67 Å². The van der Waals surface area contributed by atoms with Gasteiger partial charge >= 0.3 is 0 Å². The predicted molar refractivity (Wildman–Crippen MR) is 61.1 cm³/mol. The maximum Gasteiger partial charge on any atom is 0.102 e. The molecule has 0 N–H and O–H groups in total. The molecule has 0 radical (unpaired) electrons. The van der Waals surface area contributed by atoms with E-state index in [0.29, 0.717) is 12.6 Å². The first-order valence-electron chi connectivity index (χ1n) is 5.26. The van der Waals surface area contributed by atoms with Gasteiger partial charge in [0.2, 0.25) is 0 Å². The summed E-state index contributed by atoms with van der Waals surface area (Å²) in [6.07, 6.45) is 4.72. The summed E-state index contributed by atoms with van der Waals surface area (Å²) >= 11 is 0. The second-order valence-electron chi connectivity index (χ2n) is 3.50. The number of halogens is 1. The molecule has 0 aromatic carbocycles. The van der Waals surface area contributed by atoms with E-state index in [1.54, 1.807) is 0 Å². The van der Waals surface area contributed by atoms with Crippen molar-refractivity contribution in [1.29, 1.82) is 0 Å². The Morgan fingerprint density at radius 2 is 2.08 bits per heavy atom. The van der Waals surface area contributed by atoms with Crippen LogP contribution in [0.2, 0.25) is 0 Å². The first kappa shape index (κ1) is 13.3. The van der Waals surface area contributed by atoms with Crippen LogP contribution in [0.15, 0.2) is 0 Å². The van der Waals surface area contributed by atoms with Gasteiger partial charge in [-0.1, -0.05) is 19.8 Å². The minimum absolute atomic E-state index is 0.221. The number of hydrogen-bond donors (Lipinski definition) is 0. The average Bonchev–Trinajstić information content (AvgIpc) is 2.14. The highest BCUT2D eigenvalue weighted by molar-refractivity contribution is 7.16. The monoisotopic (exact) mass is 207 g/mol. The third-order valence-corrected chi connectivity index (χ3v) is 2.65. The average molecular weight is 207 g/mol. The quantitative estimate of drug-likeness (QED) is 0.553. The molecule has 0 rings (SSSR count). The van der Waals surface area contributed by atoms with Crippen molar-refractivity contribution in [3.05, 3.63) is 0 Å². The molecule has 2 atom stereocenters. The van der Waals surface area contributed by atoms with E-state index >= 15 is 0 Å². The third-order valence-electron chi connectivity index (χ3n) is 2.39. The van der Waals surface area contributed by atoms with Gasteiger partial charge in [-0.05, 0) is 19.5 Å². The molecule has 0 bridgehead atoms. The number of nitrogens with zero attached hydrogens (tertiary/aromatic N) is 1. The lowest BCUT2D eigenvalue weighted by molar-refractivity contribution is 0.192. The van der Waals surface area contributed by atoms with Crippen molar-refractivity contribution in [3.8, 4) is 0 Å². The molecule has 0 saturated heterocycles. The standard InChI is InChI=1S/C10H23FNP/c1-3-4-5-10(2)12(7-6-11)8-9-13/h10H,3-9,13H2,1-2H3. The lowest BCUT2D eigenvalue weighted by Gasteiger charge is -2.27. The fraction of sp³-hybridized carbons (Fsp3) is 1.00. The van der Waals surface area contributed by atoms with Crippen molar-refractivity contribution in [2.24, 2.45) is 0 Å². The van der Waals surface area contributed by atoms with Gasteiger partial charge in [0.15, 0.2) is 0 Å². The molecule has 1 nitrogen and oxygen atoms in total. The maximum atomic E-state index is 12.2. The Labute approximate surface area is 84.3 Å². The van der Waals surface area contributed by atoms with E-state index in [1.165, 1.54) is 19.3 Å². The Balaban J connectivity index is 3.72. The molecule has 0 amide bonds. The van der Waals surface area contributed by atoms with Crippen molar-refractivity contribution in [2.45, 2.75) is 39.2 Å². The number of alkyl halides is 1. The second kappa shape index (κ2) is 8.90. The Bertz CT molecular complexity index is 105. The summed E-state index contributed by atoms with van der Waals surface area (Å²) in [6, 6.07) is 0.538. The largest absolute Gasteiger partial charge is 0.298 e.